The number of rotatable bonds is 4. The van der Waals surface area contributed by atoms with Crippen LogP contribution in [0, 0.1) is 17.0 Å². The fraction of sp³-hybridized carbons (Fsp3) is 0.211. The number of hydrogen-bond donors (Lipinski definition) is 1. The molecule has 6 nitrogen and oxygen atoms in total. The summed E-state index contributed by atoms with van der Waals surface area (Å²) in [6.07, 6.45) is 3.79. The van der Waals surface area contributed by atoms with E-state index in [9.17, 15) is 14.9 Å². The van der Waals surface area contributed by atoms with Gasteiger partial charge >= 0.3 is 0 Å². The Kier molecular flexibility index (Phi) is 4.79. The SMILES string of the molecule is Cc1ccc2c(c1)C(NC(=O)/C=C/c1ccc([N+](=O)[O-])cc1)CCO2. The van der Waals surface area contributed by atoms with E-state index in [2.05, 4.69) is 5.32 Å². The predicted octanol–water partition coefficient (Wildman–Crippen LogP) is 3.56. The van der Waals surface area contributed by atoms with Crippen molar-refractivity contribution in [3.05, 3.63) is 75.3 Å². The molecule has 128 valence electrons. The van der Waals surface area contributed by atoms with Crippen molar-refractivity contribution in [3.63, 3.8) is 0 Å². The summed E-state index contributed by atoms with van der Waals surface area (Å²) in [6, 6.07) is 11.9. The number of amides is 1. The summed E-state index contributed by atoms with van der Waals surface area (Å²) < 4.78 is 5.63. The van der Waals surface area contributed by atoms with Gasteiger partial charge in [-0.1, -0.05) is 17.7 Å². The first-order chi connectivity index (χ1) is 12.0. The Morgan fingerprint density at radius 3 is 2.76 bits per heavy atom. The number of fused-ring (bicyclic) bond motifs is 1. The molecule has 2 aromatic rings. The van der Waals surface area contributed by atoms with Crippen LogP contribution in [0.5, 0.6) is 5.75 Å². The van der Waals surface area contributed by atoms with Gasteiger partial charge in [0.1, 0.15) is 5.75 Å². The molecule has 0 saturated carbocycles. The molecule has 2 aromatic carbocycles. The second-order valence-electron chi connectivity index (χ2n) is 5.92. The Bertz CT molecular complexity index is 828. The number of nitrogens with zero attached hydrogens (tertiary/aromatic N) is 1. The number of nitrogens with one attached hydrogen (secondary N) is 1. The number of carbonyl (C=O) groups excluding carboxylic acids is 1. The molecular formula is C19H18N2O4. The van der Waals surface area contributed by atoms with Crippen molar-refractivity contribution < 1.29 is 14.5 Å². The van der Waals surface area contributed by atoms with E-state index < -0.39 is 4.92 Å². The summed E-state index contributed by atoms with van der Waals surface area (Å²) in [6.45, 7) is 2.56. The largest absolute Gasteiger partial charge is 0.493 e. The topological polar surface area (TPSA) is 81.5 Å². The minimum absolute atomic E-state index is 0.0239. The van der Waals surface area contributed by atoms with Crippen LogP contribution in [0.4, 0.5) is 5.69 Å². The van der Waals surface area contributed by atoms with Crippen LogP contribution in [0.3, 0.4) is 0 Å². The first-order valence-corrected chi connectivity index (χ1v) is 7.99. The van der Waals surface area contributed by atoms with Crippen LogP contribution in [-0.2, 0) is 4.79 Å². The van der Waals surface area contributed by atoms with Crippen LogP contribution in [0.2, 0.25) is 0 Å². The zero-order valence-electron chi connectivity index (χ0n) is 13.8. The zero-order valence-corrected chi connectivity index (χ0v) is 13.8. The average molecular weight is 338 g/mol. The molecule has 0 fully saturated rings. The first-order valence-electron chi connectivity index (χ1n) is 7.99. The number of hydrogen-bond acceptors (Lipinski definition) is 4. The fourth-order valence-electron chi connectivity index (χ4n) is 2.76. The Morgan fingerprint density at radius 1 is 1.28 bits per heavy atom. The molecular weight excluding hydrogens is 320 g/mol. The molecule has 1 N–H and O–H groups in total. The number of aryl methyl sites for hydroxylation is 1. The Labute approximate surface area is 145 Å². The molecule has 6 heteroatoms. The minimum Gasteiger partial charge on any atom is -0.493 e. The van der Waals surface area contributed by atoms with Gasteiger partial charge in [-0.05, 0) is 36.8 Å². The third kappa shape index (κ3) is 4.03. The van der Waals surface area contributed by atoms with E-state index in [1.165, 1.54) is 18.2 Å². The standard InChI is InChI=1S/C19H18N2O4/c1-13-2-8-18-16(12-13)17(10-11-25-18)20-19(22)9-5-14-3-6-15(7-4-14)21(23)24/h2-9,12,17H,10-11H2,1H3,(H,20,22)/b9-5+. The van der Waals surface area contributed by atoms with E-state index in [0.29, 0.717) is 13.0 Å². The van der Waals surface area contributed by atoms with Crippen LogP contribution in [0.15, 0.2) is 48.5 Å². The molecule has 0 saturated heterocycles. The van der Waals surface area contributed by atoms with Gasteiger partial charge in [-0.2, -0.15) is 0 Å². The Balaban J connectivity index is 1.67. The summed E-state index contributed by atoms with van der Waals surface area (Å²) in [4.78, 5) is 22.4. The number of benzene rings is 2. The molecule has 1 atom stereocenters. The number of nitro benzene ring substituents is 1. The number of ether oxygens (including phenoxy) is 1. The van der Waals surface area contributed by atoms with Gasteiger partial charge < -0.3 is 10.1 Å². The van der Waals surface area contributed by atoms with Crippen molar-refractivity contribution >= 4 is 17.7 Å². The van der Waals surface area contributed by atoms with Gasteiger partial charge in [0.15, 0.2) is 0 Å². The Hall–Kier alpha value is -3.15. The minimum atomic E-state index is -0.454. The van der Waals surface area contributed by atoms with E-state index in [4.69, 9.17) is 4.74 Å². The maximum Gasteiger partial charge on any atom is 0.269 e. The molecule has 1 aliphatic heterocycles. The summed E-state index contributed by atoms with van der Waals surface area (Å²) in [5.74, 6) is 0.596. The zero-order chi connectivity index (χ0) is 17.8. The molecule has 1 heterocycles. The smallest absolute Gasteiger partial charge is 0.269 e. The normalized spacial score (nSPS) is 16.1. The molecule has 25 heavy (non-hydrogen) atoms. The molecule has 1 unspecified atom stereocenters. The molecule has 0 spiro atoms. The second kappa shape index (κ2) is 7.17. The van der Waals surface area contributed by atoms with Crippen LogP contribution in [0.25, 0.3) is 6.08 Å². The Morgan fingerprint density at radius 2 is 2.04 bits per heavy atom. The lowest BCUT2D eigenvalue weighted by Crippen LogP contribution is -2.31. The summed E-state index contributed by atoms with van der Waals surface area (Å²) in [5.41, 5.74) is 2.85. The third-order valence-electron chi connectivity index (χ3n) is 4.05. The van der Waals surface area contributed by atoms with Crippen molar-refractivity contribution in [2.24, 2.45) is 0 Å². The number of nitro groups is 1. The van der Waals surface area contributed by atoms with Gasteiger partial charge in [-0.25, -0.2) is 0 Å². The highest BCUT2D eigenvalue weighted by atomic mass is 16.6. The van der Waals surface area contributed by atoms with E-state index in [-0.39, 0.29) is 17.6 Å². The van der Waals surface area contributed by atoms with Crippen molar-refractivity contribution in [3.8, 4) is 5.75 Å². The van der Waals surface area contributed by atoms with E-state index in [1.807, 2.05) is 25.1 Å². The summed E-state index contributed by atoms with van der Waals surface area (Å²) in [7, 11) is 0. The van der Waals surface area contributed by atoms with Gasteiger partial charge in [0.25, 0.3) is 5.69 Å². The van der Waals surface area contributed by atoms with Gasteiger partial charge in [-0.3, -0.25) is 14.9 Å². The van der Waals surface area contributed by atoms with Crippen molar-refractivity contribution in [2.75, 3.05) is 6.61 Å². The van der Waals surface area contributed by atoms with Crippen LogP contribution in [0.1, 0.15) is 29.2 Å². The fourth-order valence-corrected chi connectivity index (χ4v) is 2.76. The maximum absolute atomic E-state index is 12.2. The van der Waals surface area contributed by atoms with E-state index in [1.54, 1.807) is 18.2 Å². The molecule has 0 aliphatic carbocycles. The highest BCUT2D eigenvalue weighted by Crippen LogP contribution is 2.32. The average Bonchev–Trinajstić information content (AvgIpc) is 2.61. The molecule has 1 amide bonds. The van der Waals surface area contributed by atoms with Crippen molar-refractivity contribution in [1.29, 1.82) is 0 Å². The third-order valence-corrected chi connectivity index (χ3v) is 4.05. The summed E-state index contributed by atoms with van der Waals surface area (Å²) in [5, 5.41) is 13.6. The first kappa shape index (κ1) is 16.7. The van der Waals surface area contributed by atoms with E-state index >= 15 is 0 Å². The van der Waals surface area contributed by atoms with Crippen LogP contribution >= 0.6 is 0 Å². The monoisotopic (exact) mass is 338 g/mol. The number of carbonyl (C=O) groups is 1. The number of non-ortho nitro benzene ring substituents is 1. The van der Waals surface area contributed by atoms with Gasteiger partial charge in [0.2, 0.25) is 5.91 Å². The van der Waals surface area contributed by atoms with E-state index in [0.717, 1.165) is 22.4 Å². The van der Waals surface area contributed by atoms with Gasteiger partial charge in [0, 0.05) is 30.2 Å². The highest BCUT2D eigenvalue weighted by molar-refractivity contribution is 5.92. The van der Waals surface area contributed by atoms with Gasteiger partial charge in [0.05, 0.1) is 17.6 Å². The highest BCUT2D eigenvalue weighted by Gasteiger charge is 2.22. The lowest BCUT2D eigenvalue weighted by atomic mass is 9.98. The second-order valence-corrected chi connectivity index (χ2v) is 5.92. The molecule has 0 aromatic heterocycles. The van der Waals surface area contributed by atoms with Crippen LogP contribution < -0.4 is 10.1 Å². The predicted molar refractivity (Wildman–Crippen MR) is 94.3 cm³/mol. The lowest BCUT2D eigenvalue weighted by molar-refractivity contribution is -0.384. The lowest BCUT2D eigenvalue weighted by Gasteiger charge is -2.26. The van der Waals surface area contributed by atoms with Gasteiger partial charge in [-0.15, -0.1) is 0 Å². The van der Waals surface area contributed by atoms with Crippen molar-refractivity contribution in [1.82, 2.24) is 5.32 Å². The molecule has 0 bridgehead atoms. The molecule has 3 rings (SSSR count). The van der Waals surface area contributed by atoms with Crippen molar-refractivity contribution in [2.45, 2.75) is 19.4 Å². The quantitative estimate of drug-likeness (QED) is 0.525. The summed E-state index contributed by atoms with van der Waals surface area (Å²) >= 11 is 0. The molecule has 1 aliphatic rings. The molecule has 0 radical (unpaired) electrons. The van der Waals surface area contributed by atoms with Crippen LogP contribution in [-0.4, -0.2) is 17.4 Å². The maximum atomic E-state index is 12.2.